The highest BCUT2D eigenvalue weighted by Gasteiger charge is 2.42. The zero-order valence-corrected chi connectivity index (χ0v) is 20.9. The molecule has 6 nitrogen and oxygen atoms in total. The molecule has 0 unspecified atom stereocenters. The van der Waals surface area contributed by atoms with Crippen LogP contribution in [0.4, 0.5) is 0 Å². The van der Waals surface area contributed by atoms with E-state index in [1.807, 2.05) is 25.1 Å². The van der Waals surface area contributed by atoms with E-state index in [2.05, 4.69) is 17.4 Å². The number of esters is 1. The van der Waals surface area contributed by atoms with Gasteiger partial charge in [-0.1, -0.05) is 42.8 Å². The van der Waals surface area contributed by atoms with E-state index in [1.54, 1.807) is 18.2 Å². The quantitative estimate of drug-likeness (QED) is 0.531. The number of ketones is 1. The van der Waals surface area contributed by atoms with Crippen molar-refractivity contribution >= 4 is 11.8 Å². The molecule has 5 rings (SSSR count). The maximum atomic E-state index is 13.7. The molecule has 2 atom stereocenters. The second-order valence-corrected chi connectivity index (χ2v) is 10.0. The van der Waals surface area contributed by atoms with Gasteiger partial charge in [-0.15, -0.1) is 0 Å². The Kier molecular flexibility index (Phi) is 6.86. The monoisotopic (exact) mass is 487 g/mol. The molecule has 2 aromatic carbocycles. The van der Waals surface area contributed by atoms with Gasteiger partial charge in [0.15, 0.2) is 17.3 Å². The van der Waals surface area contributed by atoms with Crippen molar-refractivity contribution in [2.24, 2.45) is 0 Å². The van der Waals surface area contributed by atoms with Gasteiger partial charge < -0.3 is 19.9 Å². The van der Waals surface area contributed by atoms with Crippen LogP contribution in [0.1, 0.15) is 74.8 Å². The molecule has 36 heavy (non-hydrogen) atoms. The Bertz CT molecular complexity index is 1220. The molecule has 1 fully saturated rings. The number of ether oxygens (including phenoxy) is 2. The van der Waals surface area contributed by atoms with Crippen molar-refractivity contribution < 1.29 is 24.2 Å². The minimum Gasteiger partial charge on any atom is -0.504 e. The van der Waals surface area contributed by atoms with Crippen LogP contribution >= 0.6 is 0 Å². The van der Waals surface area contributed by atoms with E-state index in [-0.39, 0.29) is 29.5 Å². The van der Waals surface area contributed by atoms with Gasteiger partial charge in [0.05, 0.1) is 12.7 Å². The molecule has 0 amide bonds. The van der Waals surface area contributed by atoms with Gasteiger partial charge in [0.2, 0.25) is 0 Å². The maximum absolute atomic E-state index is 13.7. The number of nitrogens with one attached hydrogen (secondary N) is 1. The number of carbonyl (C=O) groups is 2. The summed E-state index contributed by atoms with van der Waals surface area (Å²) in [7, 11) is 1.49. The fraction of sp³-hybridized carbons (Fsp3) is 0.400. The first-order valence-electron chi connectivity index (χ1n) is 12.8. The summed E-state index contributed by atoms with van der Waals surface area (Å²) in [5.41, 5.74) is 4.47. The highest BCUT2D eigenvalue weighted by atomic mass is 16.5. The molecule has 6 heteroatoms. The van der Waals surface area contributed by atoms with Crippen LogP contribution in [0.5, 0.6) is 11.5 Å². The number of aromatic hydroxyl groups is 1. The number of phenols is 1. The van der Waals surface area contributed by atoms with Gasteiger partial charge in [0.25, 0.3) is 0 Å². The lowest BCUT2D eigenvalue weighted by atomic mass is 9.71. The predicted octanol–water partition coefficient (Wildman–Crippen LogP) is 5.64. The number of phenolic OH excluding ortho intramolecular Hbond substituents is 1. The standard InChI is InChI=1S/C30H33NO5/c1-18-27(30(34)36-22-11-7-4-8-12-22)28(20-13-14-24(32)26(17-20)35-2)29-23(31-18)15-21(16-25(29)33)19-9-5-3-6-10-19/h3,5-6,9-10,13-14,17,21-22,28,31-32H,4,7-8,11-12,15-16H2,1-2H3/t21-,28-/m0/s1. The number of allylic oxidation sites excluding steroid dienone is 3. The van der Waals surface area contributed by atoms with E-state index in [0.29, 0.717) is 35.4 Å². The van der Waals surface area contributed by atoms with Crippen LogP contribution < -0.4 is 10.1 Å². The number of benzene rings is 2. The van der Waals surface area contributed by atoms with Crippen molar-refractivity contribution in [3.63, 3.8) is 0 Å². The van der Waals surface area contributed by atoms with E-state index in [0.717, 1.165) is 42.5 Å². The molecule has 1 saturated carbocycles. The van der Waals surface area contributed by atoms with E-state index < -0.39 is 5.92 Å². The molecule has 0 bridgehead atoms. The molecule has 2 aromatic rings. The number of hydrogen-bond acceptors (Lipinski definition) is 6. The van der Waals surface area contributed by atoms with Gasteiger partial charge in [-0.2, -0.15) is 0 Å². The van der Waals surface area contributed by atoms with Gasteiger partial charge in [-0.3, -0.25) is 4.79 Å². The molecule has 0 radical (unpaired) electrons. The Balaban J connectivity index is 1.56. The highest BCUT2D eigenvalue weighted by molar-refractivity contribution is 6.04. The summed E-state index contributed by atoms with van der Waals surface area (Å²) >= 11 is 0. The van der Waals surface area contributed by atoms with Crippen molar-refractivity contribution in [1.82, 2.24) is 5.32 Å². The third kappa shape index (κ3) is 4.64. The van der Waals surface area contributed by atoms with Gasteiger partial charge in [-0.25, -0.2) is 4.79 Å². The van der Waals surface area contributed by atoms with E-state index in [1.165, 1.54) is 13.5 Å². The number of dihydropyridines is 1. The van der Waals surface area contributed by atoms with Crippen LogP contribution in [0.15, 0.2) is 71.1 Å². The molecule has 3 aliphatic rings. The zero-order valence-electron chi connectivity index (χ0n) is 20.9. The molecule has 2 aliphatic carbocycles. The SMILES string of the molecule is COc1cc([C@H]2C(C(=O)OC3CCCCC3)=C(C)NC3=C2C(=O)C[C@@H](c2ccccc2)C3)ccc1O. The van der Waals surface area contributed by atoms with Crippen LogP contribution in [0.25, 0.3) is 0 Å². The number of rotatable bonds is 5. The van der Waals surface area contributed by atoms with E-state index in [9.17, 15) is 14.7 Å². The van der Waals surface area contributed by atoms with E-state index >= 15 is 0 Å². The van der Waals surface area contributed by atoms with Crippen LogP contribution in [0.2, 0.25) is 0 Å². The van der Waals surface area contributed by atoms with Gasteiger partial charge in [0, 0.05) is 29.3 Å². The first-order chi connectivity index (χ1) is 17.5. The lowest BCUT2D eigenvalue weighted by Gasteiger charge is -2.37. The molecule has 1 heterocycles. The van der Waals surface area contributed by atoms with Gasteiger partial charge in [-0.05, 0) is 68.2 Å². The summed E-state index contributed by atoms with van der Waals surface area (Å²) in [5.74, 6) is -0.565. The molecule has 0 aromatic heterocycles. The fourth-order valence-corrected chi connectivity index (χ4v) is 5.88. The van der Waals surface area contributed by atoms with Crippen molar-refractivity contribution in [1.29, 1.82) is 0 Å². The lowest BCUT2D eigenvalue weighted by Crippen LogP contribution is -2.37. The van der Waals surface area contributed by atoms with Gasteiger partial charge >= 0.3 is 5.97 Å². The van der Waals surface area contributed by atoms with Crippen LogP contribution in [0.3, 0.4) is 0 Å². The normalized spacial score (nSPS) is 22.7. The maximum Gasteiger partial charge on any atom is 0.337 e. The highest BCUT2D eigenvalue weighted by Crippen LogP contribution is 2.47. The number of hydrogen-bond donors (Lipinski definition) is 2. The zero-order chi connectivity index (χ0) is 25.2. The Morgan fingerprint density at radius 3 is 2.47 bits per heavy atom. The van der Waals surface area contributed by atoms with Crippen LogP contribution in [0, 0.1) is 0 Å². The first-order valence-corrected chi connectivity index (χ1v) is 12.8. The summed E-state index contributed by atoms with van der Waals surface area (Å²) in [5, 5.41) is 13.6. The van der Waals surface area contributed by atoms with Crippen molar-refractivity contribution in [3.05, 3.63) is 82.2 Å². The third-order valence-electron chi connectivity index (χ3n) is 7.68. The second-order valence-electron chi connectivity index (χ2n) is 10.0. The summed E-state index contributed by atoms with van der Waals surface area (Å²) in [6.45, 7) is 1.88. The lowest BCUT2D eigenvalue weighted by molar-refractivity contribution is -0.146. The van der Waals surface area contributed by atoms with E-state index in [4.69, 9.17) is 9.47 Å². The Hall–Kier alpha value is -3.54. The molecule has 188 valence electrons. The molecular formula is C30H33NO5. The minimum absolute atomic E-state index is 0.00975. The minimum atomic E-state index is -0.587. The van der Waals surface area contributed by atoms with Gasteiger partial charge in [0.1, 0.15) is 6.10 Å². The molecule has 2 N–H and O–H groups in total. The summed E-state index contributed by atoms with van der Waals surface area (Å²) in [6.07, 6.45) is 5.98. The fourth-order valence-electron chi connectivity index (χ4n) is 5.88. The molecule has 0 saturated heterocycles. The Morgan fingerprint density at radius 2 is 1.75 bits per heavy atom. The molecule has 0 spiro atoms. The summed E-state index contributed by atoms with van der Waals surface area (Å²) in [4.78, 5) is 27.3. The average molecular weight is 488 g/mol. The molecular weight excluding hydrogens is 454 g/mol. The van der Waals surface area contributed by atoms with Crippen molar-refractivity contribution in [2.75, 3.05) is 7.11 Å². The third-order valence-corrected chi connectivity index (χ3v) is 7.68. The van der Waals surface area contributed by atoms with Crippen molar-refractivity contribution in [2.45, 2.75) is 69.8 Å². The predicted molar refractivity (Wildman–Crippen MR) is 137 cm³/mol. The number of Topliss-reactive ketones (excluding diaryl/α,β-unsaturated/α-hetero) is 1. The summed E-state index contributed by atoms with van der Waals surface area (Å²) in [6, 6.07) is 15.1. The first kappa shape index (κ1) is 24.2. The molecule has 1 aliphatic heterocycles. The van der Waals surface area contributed by atoms with Crippen LogP contribution in [-0.4, -0.2) is 30.1 Å². The second kappa shape index (κ2) is 10.2. The summed E-state index contributed by atoms with van der Waals surface area (Å²) < 4.78 is 11.3. The Morgan fingerprint density at radius 1 is 1.00 bits per heavy atom. The smallest absolute Gasteiger partial charge is 0.337 e. The number of methoxy groups -OCH3 is 1. The topological polar surface area (TPSA) is 84.9 Å². The van der Waals surface area contributed by atoms with Crippen molar-refractivity contribution in [3.8, 4) is 11.5 Å². The number of carbonyl (C=O) groups excluding carboxylic acids is 2. The Labute approximate surface area is 212 Å². The largest absolute Gasteiger partial charge is 0.504 e. The van der Waals surface area contributed by atoms with Crippen LogP contribution in [-0.2, 0) is 14.3 Å². The average Bonchev–Trinajstić information content (AvgIpc) is 2.89.